The van der Waals surface area contributed by atoms with Gasteiger partial charge in [-0.15, -0.1) is 0 Å². The summed E-state index contributed by atoms with van der Waals surface area (Å²) < 4.78 is 5.47. The van der Waals surface area contributed by atoms with E-state index in [2.05, 4.69) is 28.4 Å². The number of hydrogen-bond donors (Lipinski definition) is 1. The van der Waals surface area contributed by atoms with Crippen molar-refractivity contribution in [2.24, 2.45) is 0 Å². The fourth-order valence-corrected chi connectivity index (χ4v) is 3.84. The van der Waals surface area contributed by atoms with E-state index in [1.165, 1.54) is 0 Å². The van der Waals surface area contributed by atoms with Gasteiger partial charge in [0, 0.05) is 19.1 Å². The third kappa shape index (κ3) is 2.97. The lowest BCUT2D eigenvalue weighted by Gasteiger charge is -2.22. The van der Waals surface area contributed by atoms with Gasteiger partial charge in [-0.3, -0.25) is 4.79 Å². The van der Waals surface area contributed by atoms with Crippen molar-refractivity contribution >= 4 is 11.6 Å². The highest BCUT2D eigenvalue weighted by Gasteiger charge is 2.51. The van der Waals surface area contributed by atoms with Gasteiger partial charge < -0.3 is 15.0 Å². The van der Waals surface area contributed by atoms with Gasteiger partial charge in [-0.25, -0.2) is 0 Å². The molecule has 1 amide bonds. The second-order valence-electron chi connectivity index (χ2n) is 7.03. The standard InChI is InChI=1S/C21H24N2O2/c1-25-19-10-6-5-9-18(19)23-14-11-17(15-23)22-20(24)21(12-13-21)16-7-3-2-4-8-16/h2-10,17H,11-15H2,1H3,(H,22,24). The fourth-order valence-electron chi connectivity index (χ4n) is 3.84. The predicted octanol–water partition coefficient (Wildman–Crippen LogP) is 3.12. The number of anilines is 1. The SMILES string of the molecule is COc1ccccc1N1CCC(NC(=O)C2(c3ccccc3)CC2)C1. The molecule has 0 spiro atoms. The number of ether oxygens (including phenoxy) is 1. The maximum Gasteiger partial charge on any atom is 0.230 e. The number of nitrogens with one attached hydrogen (secondary N) is 1. The number of hydrogen-bond acceptors (Lipinski definition) is 3. The summed E-state index contributed by atoms with van der Waals surface area (Å²) >= 11 is 0. The monoisotopic (exact) mass is 336 g/mol. The fraction of sp³-hybridized carbons (Fsp3) is 0.381. The third-order valence-electron chi connectivity index (χ3n) is 5.46. The van der Waals surface area contributed by atoms with Gasteiger partial charge in [0.15, 0.2) is 0 Å². The van der Waals surface area contributed by atoms with Crippen LogP contribution in [0.25, 0.3) is 0 Å². The smallest absolute Gasteiger partial charge is 0.230 e. The molecule has 0 radical (unpaired) electrons. The van der Waals surface area contributed by atoms with Gasteiger partial charge >= 0.3 is 0 Å². The van der Waals surface area contributed by atoms with Gasteiger partial charge in [0.1, 0.15) is 5.75 Å². The Morgan fingerprint density at radius 2 is 1.84 bits per heavy atom. The van der Waals surface area contributed by atoms with Crippen LogP contribution < -0.4 is 15.0 Å². The van der Waals surface area contributed by atoms with Crippen LogP contribution in [0.2, 0.25) is 0 Å². The summed E-state index contributed by atoms with van der Waals surface area (Å²) in [5.41, 5.74) is 1.96. The summed E-state index contributed by atoms with van der Waals surface area (Å²) in [6, 6.07) is 18.4. The van der Waals surface area contributed by atoms with Crippen LogP contribution in [0, 0.1) is 0 Å². The van der Waals surface area contributed by atoms with Crippen LogP contribution in [-0.2, 0) is 10.2 Å². The minimum Gasteiger partial charge on any atom is -0.495 e. The Hall–Kier alpha value is -2.49. The van der Waals surface area contributed by atoms with Crippen molar-refractivity contribution < 1.29 is 9.53 Å². The largest absolute Gasteiger partial charge is 0.495 e. The summed E-state index contributed by atoms with van der Waals surface area (Å²) in [7, 11) is 1.70. The molecule has 2 fully saturated rings. The van der Waals surface area contributed by atoms with Crippen molar-refractivity contribution in [2.45, 2.75) is 30.7 Å². The number of carbonyl (C=O) groups is 1. The molecule has 1 aliphatic heterocycles. The molecule has 1 atom stereocenters. The van der Waals surface area contributed by atoms with E-state index >= 15 is 0 Å². The highest BCUT2D eigenvalue weighted by molar-refractivity contribution is 5.91. The van der Waals surface area contributed by atoms with Crippen LogP contribution in [0.3, 0.4) is 0 Å². The van der Waals surface area contributed by atoms with Gasteiger partial charge in [-0.2, -0.15) is 0 Å². The average molecular weight is 336 g/mol. The lowest BCUT2D eigenvalue weighted by Crippen LogP contribution is -2.43. The second-order valence-corrected chi connectivity index (χ2v) is 7.03. The van der Waals surface area contributed by atoms with Crippen LogP contribution in [0.15, 0.2) is 54.6 Å². The molecule has 4 nitrogen and oxygen atoms in total. The number of amides is 1. The summed E-state index contributed by atoms with van der Waals surface area (Å²) in [4.78, 5) is 15.2. The Labute approximate surface area is 148 Å². The van der Waals surface area contributed by atoms with Crippen molar-refractivity contribution in [1.82, 2.24) is 5.32 Å². The topological polar surface area (TPSA) is 41.6 Å². The lowest BCUT2D eigenvalue weighted by molar-refractivity contribution is -0.124. The predicted molar refractivity (Wildman–Crippen MR) is 99.1 cm³/mol. The number of nitrogens with zero attached hydrogens (tertiary/aromatic N) is 1. The van der Waals surface area contributed by atoms with E-state index in [1.54, 1.807) is 7.11 Å². The van der Waals surface area contributed by atoms with Crippen LogP contribution in [0.1, 0.15) is 24.8 Å². The van der Waals surface area contributed by atoms with E-state index in [1.807, 2.05) is 36.4 Å². The lowest BCUT2D eigenvalue weighted by atomic mass is 9.94. The van der Waals surface area contributed by atoms with Crippen LogP contribution in [0.4, 0.5) is 5.69 Å². The summed E-state index contributed by atoms with van der Waals surface area (Å²) in [5.74, 6) is 1.07. The molecule has 0 bridgehead atoms. The molecule has 25 heavy (non-hydrogen) atoms. The molecule has 2 aromatic carbocycles. The quantitative estimate of drug-likeness (QED) is 0.912. The van der Waals surface area contributed by atoms with Crippen LogP contribution in [-0.4, -0.2) is 32.1 Å². The highest BCUT2D eigenvalue weighted by Crippen LogP contribution is 2.48. The molecular formula is C21H24N2O2. The van der Waals surface area contributed by atoms with Crippen molar-refractivity contribution in [3.05, 3.63) is 60.2 Å². The molecule has 2 aliphatic rings. The molecule has 130 valence electrons. The van der Waals surface area contributed by atoms with Crippen LogP contribution >= 0.6 is 0 Å². The van der Waals surface area contributed by atoms with Crippen molar-refractivity contribution in [2.75, 3.05) is 25.1 Å². The van der Waals surface area contributed by atoms with Crippen molar-refractivity contribution in [3.8, 4) is 5.75 Å². The molecule has 1 aliphatic carbocycles. The Balaban J connectivity index is 1.42. The minimum absolute atomic E-state index is 0.186. The van der Waals surface area contributed by atoms with Crippen molar-refractivity contribution in [3.63, 3.8) is 0 Å². The normalized spacial score (nSPS) is 21.0. The van der Waals surface area contributed by atoms with E-state index in [9.17, 15) is 4.79 Å². The third-order valence-corrected chi connectivity index (χ3v) is 5.46. The molecule has 1 saturated carbocycles. The minimum atomic E-state index is -0.293. The molecule has 4 rings (SSSR count). The van der Waals surface area contributed by atoms with Gasteiger partial charge in [0.2, 0.25) is 5.91 Å². The Morgan fingerprint density at radius 3 is 2.56 bits per heavy atom. The van der Waals surface area contributed by atoms with Crippen LogP contribution in [0.5, 0.6) is 5.75 Å². The van der Waals surface area contributed by atoms with E-state index < -0.39 is 0 Å². The molecule has 1 unspecified atom stereocenters. The zero-order valence-electron chi connectivity index (χ0n) is 14.6. The molecular weight excluding hydrogens is 312 g/mol. The maximum absolute atomic E-state index is 12.9. The molecule has 1 N–H and O–H groups in total. The number of para-hydroxylation sites is 2. The second kappa shape index (κ2) is 6.43. The van der Waals surface area contributed by atoms with Gasteiger partial charge in [0.05, 0.1) is 18.2 Å². The first kappa shape index (κ1) is 16.0. The number of carbonyl (C=O) groups excluding carboxylic acids is 1. The molecule has 1 saturated heterocycles. The maximum atomic E-state index is 12.9. The van der Waals surface area contributed by atoms with Gasteiger partial charge in [-0.05, 0) is 37.0 Å². The Bertz CT molecular complexity index is 756. The van der Waals surface area contributed by atoms with E-state index in [-0.39, 0.29) is 17.4 Å². The first-order valence-electron chi connectivity index (χ1n) is 8.97. The highest BCUT2D eigenvalue weighted by atomic mass is 16.5. The number of methoxy groups -OCH3 is 1. The molecule has 4 heteroatoms. The first-order valence-corrected chi connectivity index (χ1v) is 8.97. The summed E-state index contributed by atoms with van der Waals surface area (Å²) in [6.45, 7) is 1.76. The van der Waals surface area contributed by atoms with E-state index in [0.717, 1.165) is 49.4 Å². The first-order chi connectivity index (χ1) is 12.2. The molecule has 2 aromatic rings. The Morgan fingerprint density at radius 1 is 1.12 bits per heavy atom. The zero-order valence-corrected chi connectivity index (χ0v) is 14.6. The van der Waals surface area contributed by atoms with Gasteiger partial charge in [0.25, 0.3) is 0 Å². The number of benzene rings is 2. The van der Waals surface area contributed by atoms with E-state index in [0.29, 0.717) is 0 Å². The summed E-state index contributed by atoms with van der Waals surface area (Å²) in [5, 5.41) is 3.30. The average Bonchev–Trinajstić information content (AvgIpc) is 3.36. The zero-order chi connectivity index (χ0) is 17.3. The van der Waals surface area contributed by atoms with Crippen molar-refractivity contribution in [1.29, 1.82) is 0 Å². The summed E-state index contributed by atoms with van der Waals surface area (Å²) in [6.07, 6.45) is 2.87. The van der Waals surface area contributed by atoms with Gasteiger partial charge in [-0.1, -0.05) is 42.5 Å². The number of rotatable bonds is 5. The van der Waals surface area contributed by atoms with E-state index in [4.69, 9.17) is 4.74 Å². The Kier molecular flexibility index (Phi) is 4.12. The molecule has 0 aromatic heterocycles. The molecule has 1 heterocycles.